The summed E-state index contributed by atoms with van der Waals surface area (Å²) in [6.45, 7) is 0. The molecule has 7 nitrogen and oxygen atoms in total. The molecular formula is C26H21N3O4S. The molecule has 3 heterocycles. The van der Waals surface area contributed by atoms with Crippen molar-refractivity contribution in [1.29, 1.82) is 0 Å². The molecule has 5 rings (SSSR count). The smallest absolute Gasteiger partial charge is 0.335 e. The number of nitrogens with one attached hydrogen (secondary N) is 1. The fourth-order valence-electron chi connectivity index (χ4n) is 4.18. The lowest BCUT2D eigenvalue weighted by Crippen LogP contribution is -2.29. The topological polar surface area (TPSA) is 87.8 Å². The van der Waals surface area contributed by atoms with Crippen molar-refractivity contribution in [3.63, 3.8) is 0 Å². The highest BCUT2D eigenvalue weighted by Gasteiger charge is 2.43. The number of aromatic nitrogens is 1. The summed E-state index contributed by atoms with van der Waals surface area (Å²) in [5.74, 6) is 1.04. The number of furan rings is 1. The molecule has 1 aliphatic heterocycles. The molecule has 0 amide bonds. The third-order valence-corrected chi connectivity index (χ3v) is 6.09. The first-order valence-corrected chi connectivity index (χ1v) is 11.0. The Morgan fingerprint density at radius 3 is 2.53 bits per heavy atom. The summed E-state index contributed by atoms with van der Waals surface area (Å²) >= 11 is 5.76. The molecule has 1 aliphatic rings. The van der Waals surface area contributed by atoms with Crippen LogP contribution in [0.15, 0.2) is 89.5 Å². The van der Waals surface area contributed by atoms with Crippen molar-refractivity contribution in [3.8, 4) is 17.1 Å². The lowest BCUT2D eigenvalue weighted by atomic mass is 10.0. The number of carboxylic acid groups (broad SMARTS) is 1. The van der Waals surface area contributed by atoms with Gasteiger partial charge in [-0.05, 0) is 60.7 Å². The standard InChI is InChI=1S/C26H21N3O4S/c1-32-21-8-3-2-7-19(21)29-24(23(28-26(29)34)18-6-4-5-15-27-18)22-14-13-20(33-22)16-9-11-17(12-10-16)25(30)31/h2-15,23-24H,1H3,(H,28,34)(H,30,31)/t23-,24-/m0/s1. The number of hydrogen-bond donors (Lipinski definition) is 2. The Bertz CT molecular complexity index is 1340. The van der Waals surface area contributed by atoms with Crippen LogP contribution in [0.25, 0.3) is 11.3 Å². The van der Waals surface area contributed by atoms with Gasteiger partial charge in [-0.25, -0.2) is 4.79 Å². The predicted octanol–water partition coefficient (Wildman–Crippen LogP) is 5.23. The molecular weight excluding hydrogens is 450 g/mol. The SMILES string of the molecule is COc1ccccc1N1C(=S)N[C@@H](c2ccccn2)[C@@H]1c1ccc(-c2ccc(C(=O)O)cc2)o1. The number of carboxylic acids is 1. The molecule has 1 fully saturated rings. The van der Waals surface area contributed by atoms with Gasteiger partial charge in [-0.3, -0.25) is 4.98 Å². The van der Waals surface area contributed by atoms with E-state index in [0.29, 0.717) is 22.4 Å². The molecule has 0 unspecified atom stereocenters. The minimum absolute atomic E-state index is 0.221. The van der Waals surface area contributed by atoms with Crippen LogP contribution in [0.3, 0.4) is 0 Å². The Hall–Kier alpha value is -4.17. The number of hydrogen-bond acceptors (Lipinski definition) is 5. The van der Waals surface area contributed by atoms with Crippen molar-refractivity contribution in [3.05, 3.63) is 102 Å². The van der Waals surface area contributed by atoms with Crippen LogP contribution in [0.5, 0.6) is 5.75 Å². The van der Waals surface area contributed by atoms with Gasteiger partial charge >= 0.3 is 5.97 Å². The van der Waals surface area contributed by atoms with Crippen molar-refractivity contribution >= 4 is 29.0 Å². The first-order chi connectivity index (χ1) is 16.6. The minimum Gasteiger partial charge on any atom is -0.495 e. The van der Waals surface area contributed by atoms with Crippen LogP contribution in [-0.2, 0) is 0 Å². The van der Waals surface area contributed by atoms with Crippen molar-refractivity contribution in [2.45, 2.75) is 12.1 Å². The van der Waals surface area contributed by atoms with Gasteiger partial charge in [-0.2, -0.15) is 0 Å². The number of methoxy groups -OCH3 is 1. The summed E-state index contributed by atoms with van der Waals surface area (Å²) in [7, 11) is 1.63. The van der Waals surface area contributed by atoms with Crippen molar-refractivity contribution in [1.82, 2.24) is 10.3 Å². The zero-order chi connectivity index (χ0) is 23.7. The lowest BCUT2D eigenvalue weighted by molar-refractivity contribution is 0.0697. The zero-order valence-electron chi connectivity index (χ0n) is 18.2. The first kappa shape index (κ1) is 21.7. The highest BCUT2D eigenvalue weighted by atomic mass is 32.1. The van der Waals surface area contributed by atoms with Crippen LogP contribution in [0.4, 0.5) is 5.69 Å². The van der Waals surface area contributed by atoms with Crippen molar-refractivity contribution < 1.29 is 19.1 Å². The average Bonchev–Trinajstić information content (AvgIpc) is 3.49. The summed E-state index contributed by atoms with van der Waals surface area (Å²) in [6.07, 6.45) is 1.75. The van der Waals surface area contributed by atoms with Gasteiger partial charge < -0.3 is 24.5 Å². The zero-order valence-corrected chi connectivity index (χ0v) is 19.0. The maximum atomic E-state index is 11.2. The average molecular weight is 472 g/mol. The van der Waals surface area contributed by atoms with Gasteiger partial charge in [0.25, 0.3) is 0 Å². The third kappa shape index (κ3) is 3.88. The maximum absolute atomic E-state index is 11.2. The Balaban J connectivity index is 1.59. The Kier molecular flexibility index (Phi) is 5.73. The van der Waals surface area contributed by atoms with E-state index in [-0.39, 0.29) is 17.6 Å². The molecule has 0 bridgehead atoms. The molecule has 0 radical (unpaired) electrons. The molecule has 170 valence electrons. The molecule has 0 spiro atoms. The number of ether oxygens (including phenoxy) is 1. The number of para-hydroxylation sites is 2. The largest absolute Gasteiger partial charge is 0.495 e. The second kappa shape index (κ2) is 8.99. The van der Waals surface area contributed by atoms with Crippen LogP contribution in [0, 0.1) is 0 Å². The molecule has 2 N–H and O–H groups in total. The van der Waals surface area contributed by atoms with E-state index in [2.05, 4.69) is 10.3 Å². The molecule has 2 atom stereocenters. The normalized spacial score (nSPS) is 17.4. The Morgan fingerprint density at radius 2 is 1.82 bits per heavy atom. The number of thiocarbonyl (C=S) groups is 1. The summed E-state index contributed by atoms with van der Waals surface area (Å²) in [6, 6.07) is 23.2. The summed E-state index contributed by atoms with van der Waals surface area (Å²) in [5, 5.41) is 13.1. The highest BCUT2D eigenvalue weighted by molar-refractivity contribution is 7.80. The number of aromatic carboxylic acids is 1. The summed E-state index contributed by atoms with van der Waals surface area (Å²) in [4.78, 5) is 17.7. The molecule has 1 saturated heterocycles. The van der Waals surface area contributed by atoms with Crippen LogP contribution >= 0.6 is 12.2 Å². The predicted molar refractivity (Wildman–Crippen MR) is 132 cm³/mol. The fraction of sp³-hybridized carbons (Fsp3) is 0.115. The highest BCUT2D eigenvalue weighted by Crippen LogP contribution is 2.45. The first-order valence-electron chi connectivity index (χ1n) is 10.6. The van der Waals surface area contributed by atoms with E-state index in [1.807, 2.05) is 59.5 Å². The number of benzene rings is 2. The van der Waals surface area contributed by atoms with E-state index in [9.17, 15) is 9.90 Å². The molecule has 0 aliphatic carbocycles. The maximum Gasteiger partial charge on any atom is 0.335 e. The second-order valence-electron chi connectivity index (χ2n) is 7.75. The van der Waals surface area contributed by atoms with Gasteiger partial charge in [-0.1, -0.05) is 30.3 Å². The van der Waals surface area contributed by atoms with Gasteiger partial charge in [0.1, 0.15) is 23.3 Å². The molecule has 0 saturated carbocycles. The van der Waals surface area contributed by atoms with Gasteiger partial charge in [0.05, 0.1) is 30.1 Å². The number of anilines is 1. The van der Waals surface area contributed by atoms with Gasteiger partial charge in [0.15, 0.2) is 5.11 Å². The van der Waals surface area contributed by atoms with Gasteiger partial charge in [0, 0.05) is 11.8 Å². The summed E-state index contributed by atoms with van der Waals surface area (Å²) < 4.78 is 11.9. The van der Waals surface area contributed by atoms with Crippen LogP contribution in [0.1, 0.15) is 33.9 Å². The van der Waals surface area contributed by atoms with E-state index in [4.69, 9.17) is 21.4 Å². The Labute approximate surface area is 201 Å². The van der Waals surface area contributed by atoms with E-state index in [1.54, 1.807) is 37.6 Å². The van der Waals surface area contributed by atoms with E-state index >= 15 is 0 Å². The monoisotopic (exact) mass is 471 g/mol. The number of rotatable bonds is 6. The van der Waals surface area contributed by atoms with E-state index in [0.717, 1.165) is 16.9 Å². The molecule has 2 aromatic carbocycles. The Morgan fingerprint density at radius 1 is 1.06 bits per heavy atom. The molecule has 2 aromatic heterocycles. The quantitative estimate of drug-likeness (QED) is 0.370. The van der Waals surface area contributed by atoms with Crippen molar-refractivity contribution in [2.75, 3.05) is 12.0 Å². The van der Waals surface area contributed by atoms with Gasteiger partial charge in [0.2, 0.25) is 0 Å². The van der Waals surface area contributed by atoms with Crippen molar-refractivity contribution in [2.24, 2.45) is 0 Å². The van der Waals surface area contributed by atoms with E-state index in [1.165, 1.54) is 0 Å². The number of nitrogens with zero attached hydrogens (tertiary/aromatic N) is 2. The fourth-order valence-corrected chi connectivity index (χ4v) is 4.51. The molecule has 34 heavy (non-hydrogen) atoms. The second-order valence-corrected chi connectivity index (χ2v) is 8.14. The number of carbonyl (C=O) groups is 1. The lowest BCUT2D eigenvalue weighted by Gasteiger charge is -2.27. The third-order valence-electron chi connectivity index (χ3n) is 5.78. The molecule has 4 aromatic rings. The van der Waals surface area contributed by atoms with Gasteiger partial charge in [-0.15, -0.1) is 0 Å². The van der Waals surface area contributed by atoms with Crippen LogP contribution < -0.4 is 15.0 Å². The number of pyridine rings is 1. The van der Waals surface area contributed by atoms with Crippen LogP contribution in [-0.4, -0.2) is 28.3 Å². The van der Waals surface area contributed by atoms with E-state index < -0.39 is 5.97 Å². The van der Waals surface area contributed by atoms with Crippen LogP contribution in [0.2, 0.25) is 0 Å². The molecule has 8 heteroatoms. The minimum atomic E-state index is -0.970. The summed E-state index contributed by atoms with van der Waals surface area (Å²) in [5.41, 5.74) is 2.65.